The molecule has 0 bridgehead atoms. The van der Waals surface area contributed by atoms with Gasteiger partial charge in [0.2, 0.25) is 0 Å². The molecule has 0 saturated carbocycles. The number of nitrogens with two attached hydrogens (primary N) is 1. The molecule has 90 valence electrons. The van der Waals surface area contributed by atoms with E-state index in [-0.39, 0.29) is 11.9 Å². The van der Waals surface area contributed by atoms with Crippen LogP contribution >= 0.6 is 22.9 Å². The van der Waals surface area contributed by atoms with Crippen LogP contribution in [0, 0.1) is 12.7 Å². The van der Waals surface area contributed by atoms with Crippen LogP contribution in [0.25, 0.3) is 0 Å². The van der Waals surface area contributed by atoms with Gasteiger partial charge >= 0.3 is 0 Å². The molecule has 0 spiro atoms. The minimum atomic E-state index is -0.236. The molecule has 2 aromatic rings. The zero-order valence-electron chi connectivity index (χ0n) is 9.41. The standard InChI is InChI=1S/C13H13ClFNS/c1-8-4-9(6-10(15)5-8)12(16)7-11-2-3-13(14)17-11/h2-6,12H,7,16H2,1H3. The largest absolute Gasteiger partial charge is 0.324 e. The molecule has 17 heavy (non-hydrogen) atoms. The second kappa shape index (κ2) is 5.17. The van der Waals surface area contributed by atoms with Gasteiger partial charge in [-0.05, 0) is 42.3 Å². The first-order valence-corrected chi connectivity index (χ1v) is 6.51. The van der Waals surface area contributed by atoms with Gasteiger partial charge in [0.05, 0.1) is 4.34 Å². The average molecular weight is 270 g/mol. The van der Waals surface area contributed by atoms with Crippen molar-refractivity contribution in [1.29, 1.82) is 0 Å². The van der Waals surface area contributed by atoms with Crippen molar-refractivity contribution in [2.45, 2.75) is 19.4 Å². The molecule has 2 rings (SSSR count). The van der Waals surface area contributed by atoms with E-state index in [0.717, 1.165) is 20.3 Å². The molecule has 1 aromatic heterocycles. The monoisotopic (exact) mass is 269 g/mol. The summed E-state index contributed by atoms with van der Waals surface area (Å²) >= 11 is 7.37. The van der Waals surface area contributed by atoms with Crippen LogP contribution in [0.1, 0.15) is 22.0 Å². The van der Waals surface area contributed by atoms with Crippen LogP contribution in [0.5, 0.6) is 0 Å². The van der Waals surface area contributed by atoms with Crippen LogP contribution in [0.3, 0.4) is 0 Å². The third kappa shape index (κ3) is 3.28. The summed E-state index contributed by atoms with van der Waals surface area (Å²) < 4.78 is 14.0. The molecule has 2 N–H and O–H groups in total. The van der Waals surface area contributed by atoms with E-state index in [2.05, 4.69) is 0 Å². The number of aryl methyl sites for hydroxylation is 1. The minimum absolute atomic E-state index is 0.195. The van der Waals surface area contributed by atoms with E-state index in [1.165, 1.54) is 23.5 Å². The molecule has 1 atom stereocenters. The maximum Gasteiger partial charge on any atom is 0.123 e. The van der Waals surface area contributed by atoms with E-state index in [9.17, 15) is 4.39 Å². The number of hydrogen-bond acceptors (Lipinski definition) is 2. The average Bonchev–Trinajstić information content (AvgIpc) is 2.62. The Morgan fingerprint density at radius 1 is 1.35 bits per heavy atom. The van der Waals surface area contributed by atoms with Gasteiger partial charge in [-0.3, -0.25) is 0 Å². The van der Waals surface area contributed by atoms with Gasteiger partial charge in [-0.1, -0.05) is 17.7 Å². The Morgan fingerprint density at radius 3 is 2.71 bits per heavy atom. The Balaban J connectivity index is 2.16. The Kier molecular flexibility index (Phi) is 3.82. The lowest BCUT2D eigenvalue weighted by atomic mass is 10.0. The summed E-state index contributed by atoms with van der Waals surface area (Å²) in [5, 5.41) is 0. The summed E-state index contributed by atoms with van der Waals surface area (Å²) in [6, 6.07) is 8.53. The zero-order chi connectivity index (χ0) is 12.4. The Labute approximate surface area is 109 Å². The normalized spacial score (nSPS) is 12.7. The van der Waals surface area contributed by atoms with Crippen molar-refractivity contribution in [3.05, 3.63) is 56.5 Å². The van der Waals surface area contributed by atoms with Crippen LogP contribution in [-0.2, 0) is 6.42 Å². The van der Waals surface area contributed by atoms with Crippen molar-refractivity contribution in [2.24, 2.45) is 5.73 Å². The molecule has 0 radical (unpaired) electrons. The lowest BCUT2D eigenvalue weighted by Gasteiger charge is -2.11. The van der Waals surface area contributed by atoms with E-state index >= 15 is 0 Å². The fourth-order valence-electron chi connectivity index (χ4n) is 1.77. The smallest absolute Gasteiger partial charge is 0.123 e. The molecule has 0 aliphatic heterocycles. The Morgan fingerprint density at radius 2 is 2.12 bits per heavy atom. The first-order valence-electron chi connectivity index (χ1n) is 5.31. The topological polar surface area (TPSA) is 26.0 Å². The van der Waals surface area contributed by atoms with Gasteiger partial charge in [0.25, 0.3) is 0 Å². The lowest BCUT2D eigenvalue weighted by Crippen LogP contribution is -2.13. The van der Waals surface area contributed by atoms with Gasteiger partial charge in [-0.15, -0.1) is 11.3 Å². The molecular weight excluding hydrogens is 257 g/mol. The fourth-order valence-corrected chi connectivity index (χ4v) is 2.92. The molecule has 1 heterocycles. The second-order valence-electron chi connectivity index (χ2n) is 4.08. The number of benzene rings is 1. The molecule has 0 saturated heterocycles. The van der Waals surface area contributed by atoms with Crippen molar-refractivity contribution in [1.82, 2.24) is 0 Å². The highest BCUT2D eigenvalue weighted by Gasteiger charge is 2.10. The van der Waals surface area contributed by atoms with Crippen LogP contribution in [0.15, 0.2) is 30.3 Å². The highest BCUT2D eigenvalue weighted by atomic mass is 35.5. The highest BCUT2D eigenvalue weighted by Crippen LogP contribution is 2.26. The molecule has 4 heteroatoms. The van der Waals surface area contributed by atoms with Crippen LogP contribution < -0.4 is 5.73 Å². The van der Waals surface area contributed by atoms with E-state index in [4.69, 9.17) is 17.3 Å². The van der Waals surface area contributed by atoms with Gasteiger partial charge < -0.3 is 5.73 Å². The quantitative estimate of drug-likeness (QED) is 0.892. The molecule has 0 aliphatic rings. The predicted molar refractivity (Wildman–Crippen MR) is 71.1 cm³/mol. The van der Waals surface area contributed by atoms with E-state index in [0.29, 0.717) is 6.42 Å². The van der Waals surface area contributed by atoms with Gasteiger partial charge in [0.1, 0.15) is 5.82 Å². The first-order chi connectivity index (χ1) is 8.04. The Bertz CT molecular complexity index is 504. The fraction of sp³-hybridized carbons (Fsp3) is 0.231. The first kappa shape index (κ1) is 12.6. The number of rotatable bonds is 3. The molecule has 0 amide bonds. The van der Waals surface area contributed by atoms with Crippen molar-refractivity contribution in [2.75, 3.05) is 0 Å². The molecule has 0 fully saturated rings. The molecule has 1 unspecified atom stereocenters. The van der Waals surface area contributed by atoms with Gasteiger partial charge in [0, 0.05) is 17.3 Å². The summed E-state index contributed by atoms with van der Waals surface area (Å²) in [5.74, 6) is -0.236. The van der Waals surface area contributed by atoms with Gasteiger partial charge in [0.15, 0.2) is 0 Å². The van der Waals surface area contributed by atoms with E-state index in [1.54, 1.807) is 0 Å². The summed E-state index contributed by atoms with van der Waals surface area (Å²) in [7, 11) is 0. The second-order valence-corrected chi connectivity index (χ2v) is 5.88. The number of hydrogen-bond donors (Lipinski definition) is 1. The van der Waals surface area contributed by atoms with Crippen molar-refractivity contribution < 1.29 is 4.39 Å². The maximum atomic E-state index is 13.3. The van der Waals surface area contributed by atoms with E-state index in [1.807, 2.05) is 25.1 Å². The molecule has 1 aromatic carbocycles. The maximum absolute atomic E-state index is 13.3. The number of thiophene rings is 1. The summed E-state index contributed by atoms with van der Waals surface area (Å²) in [6.07, 6.45) is 0.681. The Hall–Kier alpha value is -0.900. The van der Waals surface area contributed by atoms with Crippen molar-refractivity contribution >= 4 is 22.9 Å². The highest BCUT2D eigenvalue weighted by molar-refractivity contribution is 7.16. The number of halogens is 2. The van der Waals surface area contributed by atoms with Gasteiger partial charge in [-0.25, -0.2) is 4.39 Å². The lowest BCUT2D eigenvalue weighted by molar-refractivity contribution is 0.617. The van der Waals surface area contributed by atoms with Crippen molar-refractivity contribution in [3.63, 3.8) is 0 Å². The summed E-state index contributed by atoms with van der Waals surface area (Å²) in [6.45, 7) is 1.86. The summed E-state index contributed by atoms with van der Waals surface area (Å²) in [4.78, 5) is 1.12. The van der Waals surface area contributed by atoms with Gasteiger partial charge in [-0.2, -0.15) is 0 Å². The van der Waals surface area contributed by atoms with Crippen LogP contribution in [0.4, 0.5) is 4.39 Å². The predicted octanol–water partition coefficient (Wildman–Crippen LogP) is 4.09. The third-order valence-electron chi connectivity index (χ3n) is 2.54. The van der Waals surface area contributed by atoms with Crippen LogP contribution in [-0.4, -0.2) is 0 Å². The molecule has 1 nitrogen and oxygen atoms in total. The third-order valence-corrected chi connectivity index (χ3v) is 3.80. The van der Waals surface area contributed by atoms with E-state index < -0.39 is 0 Å². The minimum Gasteiger partial charge on any atom is -0.324 e. The SMILES string of the molecule is Cc1cc(F)cc(C(N)Cc2ccc(Cl)s2)c1. The van der Waals surface area contributed by atoms with Crippen molar-refractivity contribution in [3.8, 4) is 0 Å². The van der Waals surface area contributed by atoms with Crippen LogP contribution in [0.2, 0.25) is 4.34 Å². The molecular formula is C13H13ClFNS. The zero-order valence-corrected chi connectivity index (χ0v) is 11.0. The molecule has 0 aliphatic carbocycles. The summed E-state index contributed by atoms with van der Waals surface area (Å²) in [5.41, 5.74) is 7.79.